The molecule has 9 rings (SSSR count). The largest absolute Gasteiger partial charge is 0.309 e. The fraction of sp³-hybridized carbons (Fsp3) is 0.118. The van der Waals surface area contributed by atoms with Crippen LogP contribution in [-0.2, 0) is 25.7 Å². The van der Waals surface area contributed by atoms with Crippen LogP contribution in [0.25, 0.3) is 22.3 Å². The highest BCUT2D eigenvalue weighted by Gasteiger charge is 2.37. The van der Waals surface area contributed by atoms with Crippen LogP contribution in [0.2, 0.25) is 0 Å². The molecule has 4 aliphatic rings. The Balaban J connectivity index is 1.37. The van der Waals surface area contributed by atoms with E-state index in [1.807, 2.05) is 0 Å². The highest BCUT2D eigenvalue weighted by atomic mass is 15.2. The van der Waals surface area contributed by atoms with E-state index < -0.39 is 0 Å². The molecule has 2 heterocycles. The first-order valence-corrected chi connectivity index (χ1v) is 12.7. The first-order valence-electron chi connectivity index (χ1n) is 12.7. The predicted octanol–water partition coefficient (Wildman–Crippen LogP) is 8.11. The van der Waals surface area contributed by atoms with E-state index in [9.17, 15) is 0 Å². The van der Waals surface area contributed by atoms with Crippen LogP contribution in [0, 0.1) is 0 Å². The number of hydrogen-bond acceptors (Lipinski definition) is 1. The van der Waals surface area contributed by atoms with Crippen LogP contribution in [0.1, 0.15) is 44.5 Å². The minimum Gasteiger partial charge on any atom is -0.309 e. The number of nitrogens with zero attached hydrogens (tertiary/aromatic N) is 1. The topological polar surface area (TPSA) is 3.24 Å². The van der Waals surface area contributed by atoms with E-state index in [1.54, 1.807) is 11.1 Å². The molecule has 0 saturated heterocycles. The maximum absolute atomic E-state index is 2.60. The van der Waals surface area contributed by atoms with Gasteiger partial charge >= 0.3 is 0 Å². The van der Waals surface area contributed by atoms with Crippen molar-refractivity contribution >= 4 is 17.1 Å². The monoisotopic (exact) mass is 445 g/mol. The van der Waals surface area contributed by atoms with Gasteiger partial charge < -0.3 is 4.90 Å². The van der Waals surface area contributed by atoms with Crippen LogP contribution in [0.4, 0.5) is 17.1 Å². The van der Waals surface area contributed by atoms with Crippen LogP contribution in [-0.4, -0.2) is 0 Å². The minimum absolute atomic E-state index is 1.00. The molecule has 1 heteroatoms. The summed E-state index contributed by atoms with van der Waals surface area (Å²) in [5.74, 6) is 0. The summed E-state index contributed by atoms with van der Waals surface area (Å²) in [5.41, 5.74) is 21.9. The molecule has 164 valence electrons. The molecule has 0 saturated carbocycles. The van der Waals surface area contributed by atoms with E-state index in [1.165, 1.54) is 72.7 Å². The number of fused-ring (bicyclic) bond motifs is 12. The first kappa shape index (κ1) is 18.3. The van der Waals surface area contributed by atoms with Crippen molar-refractivity contribution in [2.75, 3.05) is 4.90 Å². The zero-order chi connectivity index (χ0) is 22.7. The lowest BCUT2D eigenvalue weighted by Gasteiger charge is -2.41. The van der Waals surface area contributed by atoms with Crippen molar-refractivity contribution in [3.8, 4) is 22.3 Å². The molecule has 5 aromatic rings. The Morgan fingerprint density at radius 3 is 2.00 bits per heavy atom. The summed E-state index contributed by atoms with van der Waals surface area (Å²) in [4.78, 5) is 2.60. The SMILES string of the molecule is c1ccc2c(c1)Cc1c-2cc2c3c1Cc1ccccc1N3c1ccc3c(c1C2)-c1ccccc1C3. The highest BCUT2D eigenvalue weighted by molar-refractivity contribution is 5.97. The maximum atomic E-state index is 2.60. The van der Waals surface area contributed by atoms with Gasteiger partial charge in [0.05, 0.1) is 11.4 Å². The summed E-state index contributed by atoms with van der Waals surface area (Å²) in [6.45, 7) is 0. The van der Waals surface area contributed by atoms with Crippen molar-refractivity contribution in [1.82, 2.24) is 0 Å². The zero-order valence-electron chi connectivity index (χ0n) is 19.4. The molecule has 0 unspecified atom stereocenters. The number of para-hydroxylation sites is 1. The van der Waals surface area contributed by atoms with Gasteiger partial charge in [0, 0.05) is 18.5 Å². The third-order valence-corrected chi connectivity index (χ3v) is 8.75. The second kappa shape index (κ2) is 6.31. The van der Waals surface area contributed by atoms with E-state index >= 15 is 0 Å². The van der Waals surface area contributed by atoms with Crippen molar-refractivity contribution < 1.29 is 0 Å². The van der Waals surface area contributed by atoms with Crippen LogP contribution in [0.5, 0.6) is 0 Å². The van der Waals surface area contributed by atoms with E-state index in [2.05, 4.69) is 95.9 Å². The van der Waals surface area contributed by atoms with Crippen LogP contribution < -0.4 is 4.90 Å². The third kappa shape index (κ3) is 2.24. The lowest BCUT2D eigenvalue weighted by Crippen LogP contribution is -2.26. The number of rotatable bonds is 0. The van der Waals surface area contributed by atoms with Crippen molar-refractivity contribution in [2.24, 2.45) is 0 Å². The van der Waals surface area contributed by atoms with Gasteiger partial charge in [-0.05, 0) is 97.8 Å². The molecule has 2 aliphatic heterocycles. The molecule has 1 nitrogen and oxygen atoms in total. The van der Waals surface area contributed by atoms with Crippen molar-refractivity contribution in [3.05, 3.63) is 136 Å². The lowest BCUT2D eigenvalue weighted by atomic mass is 9.80. The molecule has 0 atom stereocenters. The molecule has 0 amide bonds. The van der Waals surface area contributed by atoms with E-state index in [0.29, 0.717) is 0 Å². The molecular weight excluding hydrogens is 422 g/mol. The summed E-state index contributed by atoms with van der Waals surface area (Å²) < 4.78 is 0. The number of benzene rings is 5. The quantitative estimate of drug-likeness (QED) is 0.228. The van der Waals surface area contributed by atoms with Gasteiger partial charge in [0.1, 0.15) is 0 Å². The first-order chi connectivity index (χ1) is 17.3. The Hall–Kier alpha value is -4.10. The molecule has 5 aromatic carbocycles. The fourth-order valence-electron chi connectivity index (χ4n) is 7.31. The average molecular weight is 446 g/mol. The summed E-state index contributed by atoms with van der Waals surface area (Å²) in [6, 6.07) is 34.4. The Morgan fingerprint density at radius 1 is 0.429 bits per heavy atom. The standard InChI is InChI=1S/C34H23N/c1-4-10-25-21(8-1)16-28-27(25)18-24-19-30-32(14-13-23-15-20-7-2-5-11-26(20)33(23)30)35-31-12-6-3-9-22(31)17-29(28)34(24)35/h1-14,18H,15-17,19H2. The molecule has 2 aliphatic carbocycles. The highest BCUT2D eigenvalue weighted by Crippen LogP contribution is 2.56. The van der Waals surface area contributed by atoms with Crippen molar-refractivity contribution in [3.63, 3.8) is 0 Å². The van der Waals surface area contributed by atoms with E-state index in [4.69, 9.17) is 0 Å². The zero-order valence-corrected chi connectivity index (χ0v) is 19.4. The van der Waals surface area contributed by atoms with Gasteiger partial charge in [0.15, 0.2) is 0 Å². The van der Waals surface area contributed by atoms with Gasteiger partial charge in [-0.2, -0.15) is 0 Å². The Labute approximate surface area is 205 Å². The van der Waals surface area contributed by atoms with Crippen molar-refractivity contribution in [2.45, 2.75) is 25.7 Å². The molecule has 0 N–H and O–H groups in total. The van der Waals surface area contributed by atoms with E-state index in [-0.39, 0.29) is 0 Å². The number of hydrogen-bond donors (Lipinski definition) is 0. The third-order valence-electron chi connectivity index (χ3n) is 8.75. The molecule has 35 heavy (non-hydrogen) atoms. The Kier molecular flexibility index (Phi) is 3.29. The molecule has 0 spiro atoms. The second-order valence-electron chi connectivity index (χ2n) is 10.5. The molecule has 0 fully saturated rings. The second-order valence-corrected chi connectivity index (χ2v) is 10.5. The van der Waals surface area contributed by atoms with Gasteiger partial charge in [-0.15, -0.1) is 0 Å². The molecule has 0 radical (unpaired) electrons. The molecule has 0 aromatic heterocycles. The summed E-state index contributed by atoms with van der Waals surface area (Å²) in [6.07, 6.45) is 4.12. The Morgan fingerprint density at radius 2 is 1.11 bits per heavy atom. The van der Waals surface area contributed by atoms with Gasteiger partial charge in [-0.1, -0.05) is 72.8 Å². The summed E-state index contributed by atoms with van der Waals surface area (Å²) in [7, 11) is 0. The number of anilines is 3. The average Bonchev–Trinajstić information content (AvgIpc) is 3.47. The normalized spacial score (nSPS) is 14.9. The van der Waals surface area contributed by atoms with Crippen LogP contribution in [0.15, 0.2) is 91.0 Å². The molecule has 0 bridgehead atoms. The fourth-order valence-corrected chi connectivity index (χ4v) is 7.31. The van der Waals surface area contributed by atoms with E-state index in [0.717, 1.165) is 25.7 Å². The maximum Gasteiger partial charge on any atom is 0.0535 e. The predicted molar refractivity (Wildman–Crippen MR) is 143 cm³/mol. The van der Waals surface area contributed by atoms with Crippen molar-refractivity contribution in [1.29, 1.82) is 0 Å². The summed E-state index contributed by atoms with van der Waals surface area (Å²) in [5, 5.41) is 0. The minimum atomic E-state index is 1.00. The Bertz CT molecular complexity index is 1760. The van der Waals surface area contributed by atoms with Crippen LogP contribution >= 0.6 is 0 Å². The van der Waals surface area contributed by atoms with Gasteiger partial charge in [-0.3, -0.25) is 0 Å². The summed E-state index contributed by atoms with van der Waals surface area (Å²) >= 11 is 0. The smallest absolute Gasteiger partial charge is 0.0535 e. The van der Waals surface area contributed by atoms with Gasteiger partial charge in [0.2, 0.25) is 0 Å². The van der Waals surface area contributed by atoms with Gasteiger partial charge in [-0.25, -0.2) is 0 Å². The lowest BCUT2D eigenvalue weighted by molar-refractivity contribution is 0.994. The molecular formula is C34H23N. The van der Waals surface area contributed by atoms with Crippen LogP contribution in [0.3, 0.4) is 0 Å². The van der Waals surface area contributed by atoms with Gasteiger partial charge in [0.25, 0.3) is 0 Å².